The average Bonchev–Trinajstić information content (AvgIpc) is 2.03. The van der Waals surface area contributed by atoms with Crippen molar-refractivity contribution < 1.29 is 14.3 Å². The molecule has 1 N–H and O–H groups in total. The van der Waals surface area contributed by atoms with Crippen molar-refractivity contribution in [1.82, 2.24) is 10.2 Å². The lowest BCUT2D eigenvalue weighted by Gasteiger charge is -2.10. The Balaban J connectivity index is 3.44. The van der Waals surface area contributed by atoms with Crippen LogP contribution in [0.4, 0.5) is 4.79 Å². The smallest absolute Gasteiger partial charge is 0.316 e. The summed E-state index contributed by atoms with van der Waals surface area (Å²) in [5, 5.41) is 2.53. The fraction of sp³-hybridized carbons (Fsp3) is 0.714. The van der Waals surface area contributed by atoms with Gasteiger partial charge in [-0.1, -0.05) is 0 Å². The van der Waals surface area contributed by atoms with Crippen LogP contribution in [0.2, 0.25) is 0 Å². The number of amides is 2. The summed E-state index contributed by atoms with van der Waals surface area (Å²) in [6.07, 6.45) is 0.204. The van der Waals surface area contributed by atoms with Gasteiger partial charge in [0, 0.05) is 20.6 Å². The molecule has 0 bridgehead atoms. The van der Waals surface area contributed by atoms with E-state index >= 15 is 0 Å². The van der Waals surface area contributed by atoms with Crippen molar-refractivity contribution in [2.24, 2.45) is 0 Å². The molecular formula is C7H14N2O3. The van der Waals surface area contributed by atoms with Crippen LogP contribution in [0.3, 0.4) is 0 Å². The number of carbonyl (C=O) groups excluding carboxylic acids is 2. The highest BCUT2D eigenvalue weighted by molar-refractivity contribution is 5.75. The minimum atomic E-state index is -0.325. The van der Waals surface area contributed by atoms with E-state index in [0.717, 1.165) is 0 Å². The van der Waals surface area contributed by atoms with Gasteiger partial charge >= 0.3 is 12.0 Å². The molecule has 0 aromatic carbocycles. The second-order valence-corrected chi connectivity index (χ2v) is 2.45. The maximum absolute atomic E-state index is 10.9. The Morgan fingerprint density at radius 2 is 2.00 bits per heavy atom. The van der Waals surface area contributed by atoms with Gasteiger partial charge < -0.3 is 15.0 Å². The van der Waals surface area contributed by atoms with E-state index in [9.17, 15) is 9.59 Å². The molecule has 0 radical (unpaired) electrons. The molecule has 5 heteroatoms. The minimum absolute atomic E-state index is 0.204. The number of carbonyl (C=O) groups is 2. The van der Waals surface area contributed by atoms with Gasteiger partial charge in [0.15, 0.2) is 0 Å². The van der Waals surface area contributed by atoms with Gasteiger partial charge in [-0.3, -0.25) is 4.79 Å². The van der Waals surface area contributed by atoms with Crippen LogP contribution in [0.25, 0.3) is 0 Å². The molecule has 0 spiro atoms. The highest BCUT2D eigenvalue weighted by Gasteiger charge is 2.03. The van der Waals surface area contributed by atoms with Gasteiger partial charge in [-0.25, -0.2) is 4.79 Å². The SMILES string of the molecule is COC(=O)CCNC(=O)N(C)C. The van der Waals surface area contributed by atoms with Crippen molar-refractivity contribution >= 4 is 12.0 Å². The van der Waals surface area contributed by atoms with Crippen LogP contribution in [0, 0.1) is 0 Å². The Labute approximate surface area is 71.7 Å². The maximum Gasteiger partial charge on any atom is 0.316 e. The van der Waals surface area contributed by atoms with E-state index in [-0.39, 0.29) is 18.4 Å². The van der Waals surface area contributed by atoms with Crippen LogP contribution in [-0.2, 0) is 9.53 Å². The molecule has 5 nitrogen and oxygen atoms in total. The average molecular weight is 174 g/mol. The molecule has 0 aliphatic heterocycles. The maximum atomic E-state index is 10.9. The summed E-state index contributed by atoms with van der Waals surface area (Å²) in [4.78, 5) is 22.9. The number of hydrogen-bond acceptors (Lipinski definition) is 3. The zero-order valence-electron chi connectivity index (χ0n) is 7.59. The molecule has 2 amide bonds. The van der Waals surface area contributed by atoms with E-state index in [1.807, 2.05) is 0 Å². The number of hydrogen-bond donors (Lipinski definition) is 1. The van der Waals surface area contributed by atoms with Crippen LogP contribution in [0.5, 0.6) is 0 Å². The molecule has 0 aliphatic carbocycles. The number of esters is 1. The Kier molecular flexibility index (Phi) is 4.83. The predicted molar refractivity (Wildman–Crippen MR) is 43.7 cm³/mol. The molecule has 0 aliphatic rings. The number of methoxy groups -OCH3 is 1. The number of rotatable bonds is 3. The zero-order valence-corrected chi connectivity index (χ0v) is 7.59. The Bertz CT molecular complexity index is 168. The first-order chi connectivity index (χ1) is 5.57. The monoisotopic (exact) mass is 174 g/mol. The van der Waals surface area contributed by atoms with E-state index in [2.05, 4.69) is 10.1 Å². The summed E-state index contributed by atoms with van der Waals surface area (Å²) in [6.45, 7) is 0.309. The summed E-state index contributed by atoms with van der Waals surface area (Å²) >= 11 is 0. The van der Waals surface area contributed by atoms with Crippen LogP contribution in [0.1, 0.15) is 6.42 Å². The summed E-state index contributed by atoms with van der Waals surface area (Å²) in [5.41, 5.74) is 0. The van der Waals surface area contributed by atoms with E-state index < -0.39 is 0 Å². The van der Waals surface area contributed by atoms with Gasteiger partial charge in [0.2, 0.25) is 0 Å². The lowest BCUT2D eigenvalue weighted by molar-refractivity contribution is -0.140. The molecule has 0 saturated heterocycles. The number of nitrogens with one attached hydrogen (secondary N) is 1. The quantitative estimate of drug-likeness (QED) is 0.604. The predicted octanol–water partition coefficient (Wildman–Crippen LogP) is -0.179. The normalized spacial score (nSPS) is 8.92. The van der Waals surface area contributed by atoms with Crippen LogP contribution >= 0.6 is 0 Å². The van der Waals surface area contributed by atoms with Crippen molar-refractivity contribution in [3.8, 4) is 0 Å². The first-order valence-corrected chi connectivity index (χ1v) is 3.60. The standard InChI is InChI=1S/C7H14N2O3/c1-9(2)7(11)8-5-4-6(10)12-3/h4-5H2,1-3H3,(H,8,11). The number of nitrogens with zero attached hydrogens (tertiary/aromatic N) is 1. The third-order valence-electron chi connectivity index (χ3n) is 1.24. The van der Waals surface area contributed by atoms with Crippen molar-refractivity contribution in [2.75, 3.05) is 27.7 Å². The van der Waals surface area contributed by atoms with Gasteiger partial charge in [0.1, 0.15) is 0 Å². The van der Waals surface area contributed by atoms with Crippen LogP contribution in [-0.4, -0.2) is 44.7 Å². The highest BCUT2D eigenvalue weighted by Crippen LogP contribution is 1.82. The molecule has 70 valence electrons. The lowest BCUT2D eigenvalue weighted by Crippen LogP contribution is -2.35. The summed E-state index contributed by atoms with van der Waals surface area (Å²) < 4.78 is 4.39. The third-order valence-corrected chi connectivity index (χ3v) is 1.24. The fourth-order valence-electron chi connectivity index (χ4n) is 0.532. The molecule has 0 atom stereocenters. The second-order valence-electron chi connectivity index (χ2n) is 2.45. The summed E-state index contributed by atoms with van der Waals surface area (Å²) in [7, 11) is 4.58. The molecule has 0 aromatic heterocycles. The third kappa shape index (κ3) is 4.54. The van der Waals surface area contributed by atoms with Gasteiger partial charge in [-0.15, -0.1) is 0 Å². The molecular weight excluding hydrogens is 160 g/mol. The zero-order chi connectivity index (χ0) is 9.56. The number of urea groups is 1. The first kappa shape index (κ1) is 10.7. The molecule has 12 heavy (non-hydrogen) atoms. The molecule has 0 fully saturated rings. The minimum Gasteiger partial charge on any atom is -0.469 e. The highest BCUT2D eigenvalue weighted by atomic mass is 16.5. The molecule has 0 unspecified atom stereocenters. The van der Waals surface area contributed by atoms with E-state index in [1.54, 1.807) is 14.1 Å². The van der Waals surface area contributed by atoms with E-state index in [0.29, 0.717) is 6.54 Å². The summed E-state index contributed by atoms with van der Waals surface area (Å²) in [5.74, 6) is -0.325. The van der Waals surface area contributed by atoms with Gasteiger partial charge in [0.05, 0.1) is 13.5 Å². The topological polar surface area (TPSA) is 58.6 Å². The van der Waals surface area contributed by atoms with Crippen LogP contribution < -0.4 is 5.32 Å². The Hall–Kier alpha value is -1.26. The van der Waals surface area contributed by atoms with E-state index in [1.165, 1.54) is 12.0 Å². The Morgan fingerprint density at radius 3 is 2.42 bits per heavy atom. The first-order valence-electron chi connectivity index (χ1n) is 3.60. The van der Waals surface area contributed by atoms with Gasteiger partial charge in [0.25, 0.3) is 0 Å². The van der Waals surface area contributed by atoms with E-state index in [4.69, 9.17) is 0 Å². The van der Waals surface area contributed by atoms with Crippen LogP contribution in [0.15, 0.2) is 0 Å². The lowest BCUT2D eigenvalue weighted by atomic mass is 10.4. The molecule has 0 rings (SSSR count). The fourth-order valence-corrected chi connectivity index (χ4v) is 0.532. The summed E-state index contributed by atoms with van der Waals surface area (Å²) in [6, 6.07) is -0.209. The molecule has 0 saturated carbocycles. The van der Waals surface area contributed by atoms with Crippen molar-refractivity contribution in [3.05, 3.63) is 0 Å². The second kappa shape index (κ2) is 5.40. The molecule has 0 heterocycles. The number of ether oxygens (including phenoxy) is 1. The van der Waals surface area contributed by atoms with Crippen molar-refractivity contribution in [3.63, 3.8) is 0 Å². The largest absolute Gasteiger partial charge is 0.469 e. The van der Waals surface area contributed by atoms with Crippen molar-refractivity contribution in [2.45, 2.75) is 6.42 Å². The molecule has 0 aromatic rings. The van der Waals surface area contributed by atoms with Gasteiger partial charge in [-0.05, 0) is 0 Å². The Morgan fingerprint density at radius 1 is 1.42 bits per heavy atom. The van der Waals surface area contributed by atoms with Crippen molar-refractivity contribution in [1.29, 1.82) is 0 Å². The van der Waals surface area contributed by atoms with Gasteiger partial charge in [-0.2, -0.15) is 0 Å².